The largest absolute Gasteiger partial charge is 0.494 e. The van der Waals surface area contributed by atoms with Gasteiger partial charge in [-0.1, -0.05) is 17.7 Å². The first-order chi connectivity index (χ1) is 15.6. The van der Waals surface area contributed by atoms with Crippen LogP contribution in [0.2, 0.25) is 5.02 Å². The van der Waals surface area contributed by atoms with E-state index in [0.29, 0.717) is 37.8 Å². The van der Waals surface area contributed by atoms with Crippen LogP contribution in [-0.4, -0.2) is 35.5 Å². The van der Waals surface area contributed by atoms with Gasteiger partial charge >= 0.3 is 12.8 Å². The zero-order chi connectivity index (χ0) is 23.9. The van der Waals surface area contributed by atoms with Gasteiger partial charge in [0.15, 0.2) is 6.10 Å². The molecule has 0 saturated carbocycles. The van der Waals surface area contributed by atoms with Crippen LogP contribution in [0.15, 0.2) is 30.3 Å². The number of anilines is 2. The number of fused-ring (bicyclic) bond motifs is 3. The van der Waals surface area contributed by atoms with Gasteiger partial charge in [0, 0.05) is 24.3 Å². The van der Waals surface area contributed by atoms with Gasteiger partial charge in [-0.25, -0.2) is 4.98 Å². The van der Waals surface area contributed by atoms with Crippen LogP contribution >= 0.6 is 11.6 Å². The SMILES string of the molecule is CCOc1ccc(N2CCCn3c2nc2c(Cl)ccc(C(OC(F)F)C(F)(F)F)c23)c(C)c1. The Kier molecular flexibility index (Phi) is 6.41. The third kappa shape index (κ3) is 4.46. The van der Waals surface area contributed by atoms with Crippen LogP contribution in [0.4, 0.5) is 33.6 Å². The van der Waals surface area contributed by atoms with Crippen LogP contribution in [-0.2, 0) is 11.3 Å². The molecule has 178 valence electrons. The maximum absolute atomic E-state index is 13.7. The van der Waals surface area contributed by atoms with E-state index in [4.69, 9.17) is 16.3 Å². The minimum absolute atomic E-state index is 0.0359. The number of nitrogens with zero attached hydrogens (tertiary/aromatic N) is 3. The number of imidazole rings is 1. The Morgan fingerprint density at radius 1 is 1.15 bits per heavy atom. The third-order valence-electron chi connectivity index (χ3n) is 5.45. The Morgan fingerprint density at radius 3 is 2.55 bits per heavy atom. The van der Waals surface area contributed by atoms with Crippen molar-refractivity contribution in [2.45, 2.75) is 45.7 Å². The fourth-order valence-electron chi connectivity index (χ4n) is 4.18. The van der Waals surface area contributed by atoms with E-state index in [-0.39, 0.29) is 16.1 Å². The number of aromatic nitrogens is 2. The number of alkyl halides is 5. The molecule has 0 radical (unpaired) electrons. The van der Waals surface area contributed by atoms with Crippen molar-refractivity contribution in [3.63, 3.8) is 0 Å². The van der Waals surface area contributed by atoms with E-state index in [1.807, 2.05) is 36.9 Å². The van der Waals surface area contributed by atoms with Crippen LogP contribution in [0.3, 0.4) is 0 Å². The highest BCUT2D eigenvalue weighted by molar-refractivity contribution is 6.35. The molecule has 5 nitrogen and oxygen atoms in total. The molecule has 0 aliphatic carbocycles. The maximum atomic E-state index is 13.7. The number of benzene rings is 2. The molecule has 1 aromatic heterocycles. The average Bonchev–Trinajstić information content (AvgIpc) is 3.13. The van der Waals surface area contributed by atoms with E-state index in [0.717, 1.165) is 17.3 Å². The molecule has 0 spiro atoms. The molecule has 0 saturated heterocycles. The molecule has 1 atom stereocenters. The molecule has 3 aromatic rings. The predicted octanol–water partition coefficient (Wildman–Crippen LogP) is 6.78. The number of hydrogen-bond acceptors (Lipinski definition) is 4. The second kappa shape index (κ2) is 8.98. The quantitative estimate of drug-likeness (QED) is 0.358. The van der Waals surface area contributed by atoms with Gasteiger partial charge in [-0.15, -0.1) is 0 Å². The molecule has 11 heteroatoms. The molecule has 1 aliphatic rings. The van der Waals surface area contributed by atoms with Crippen LogP contribution in [0, 0.1) is 6.92 Å². The highest BCUT2D eigenvalue weighted by atomic mass is 35.5. The zero-order valence-electron chi connectivity index (χ0n) is 17.8. The molecular weight excluding hydrogens is 469 g/mol. The molecule has 1 unspecified atom stereocenters. The first-order valence-corrected chi connectivity index (χ1v) is 10.7. The molecule has 2 aromatic carbocycles. The van der Waals surface area contributed by atoms with Crippen molar-refractivity contribution in [2.24, 2.45) is 0 Å². The number of aryl methyl sites for hydroxylation is 2. The van der Waals surface area contributed by atoms with Gasteiger partial charge in [0.05, 0.1) is 17.1 Å². The van der Waals surface area contributed by atoms with E-state index < -0.39 is 24.5 Å². The summed E-state index contributed by atoms with van der Waals surface area (Å²) in [5.41, 5.74) is 1.39. The average molecular weight is 490 g/mol. The summed E-state index contributed by atoms with van der Waals surface area (Å²) >= 11 is 6.27. The smallest absolute Gasteiger partial charge is 0.419 e. The van der Waals surface area contributed by atoms with Crippen LogP contribution in [0.25, 0.3) is 11.0 Å². The van der Waals surface area contributed by atoms with Crippen molar-refractivity contribution in [1.29, 1.82) is 0 Å². The van der Waals surface area contributed by atoms with Crippen LogP contribution < -0.4 is 9.64 Å². The molecule has 2 heterocycles. The van der Waals surface area contributed by atoms with Gasteiger partial charge in [0.25, 0.3) is 0 Å². The monoisotopic (exact) mass is 489 g/mol. The highest BCUT2D eigenvalue weighted by Gasteiger charge is 2.45. The Morgan fingerprint density at radius 2 is 1.91 bits per heavy atom. The summed E-state index contributed by atoms with van der Waals surface area (Å²) in [7, 11) is 0. The fraction of sp³-hybridized carbons (Fsp3) is 0.409. The van der Waals surface area contributed by atoms with Gasteiger partial charge in [0.2, 0.25) is 5.95 Å². The van der Waals surface area contributed by atoms with E-state index in [2.05, 4.69) is 9.72 Å². The van der Waals surface area contributed by atoms with Crippen LogP contribution in [0.5, 0.6) is 5.75 Å². The molecular formula is C22H21ClF5N3O2. The summed E-state index contributed by atoms with van der Waals surface area (Å²) in [6, 6.07) is 7.83. The van der Waals surface area contributed by atoms with Gasteiger partial charge < -0.3 is 18.9 Å². The summed E-state index contributed by atoms with van der Waals surface area (Å²) < 4.78 is 77.9. The standard InChI is InChI=1S/C22H21ClF5N3O2/c1-3-32-13-5-8-16(12(2)11-13)30-9-4-10-31-18-14(19(22(26,27)28)33-20(24)25)6-7-15(23)17(18)29-21(30)31/h5-8,11,19-20H,3-4,9-10H2,1-2H3. The highest BCUT2D eigenvalue weighted by Crippen LogP contribution is 2.44. The van der Waals surface area contributed by atoms with Gasteiger partial charge in [0.1, 0.15) is 11.3 Å². The summed E-state index contributed by atoms with van der Waals surface area (Å²) in [6.45, 7) is 1.61. The van der Waals surface area contributed by atoms with E-state index in [1.54, 1.807) is 4.57 Å². The Hall–Kier alpha value is -2.59. The summed E-state index contributed by atoms with van der Waals surface area (Å²) in [5.74, 6) is 1.09. The van der Waals surface area contributed by atoms with Crippen molar-refractivity contribution in [3.8, 4) is 5.75 Å². The number of rotatable bonds is 6. The molecule has 0 bridgehead atoms. The Balaban J connectivity index is 1.88. The summed E-state index contributed by atoms with van der Waals surface area (Å²) in [6.07, 6.45) is -7.27. The molecule has 0 amide bonds. The number of halogens is 6. The zero-order valence-corrected chi connectivity index (χ0v) is 18.6. The summed E-state index contributed by atoms with van der Waals surface area (Å²) in [4.78, 5) is 6.41. The molecule has 1 aliphatic heterocycles. The minimum atomic E-state index is -5.05. The molecule has 0 N–H and O–H groups in total. The van der Waals surface area contributed by atoms with Crippen molar-refractivity contribution >= 4 is 34.3 Å². The number of hydrogen-bond donors (Lipinski definition) is 0. The lowest BCUT2D eigenvalue weighted by Gasteiger charge is -2.31. The predicted molar refractivity (Wildman–Crippen MR) is 115 cm³/mol. The van der Waals surface area contributed by atoms with Gasteiger partial charge in [-0.05, 0) is 50.1 Å². The maximum Gasteiger partial charge on any atom is 0.419 e. The van der Waals surface area contributed by atoms with Crippen molar-refractivity contribution < 1.29 is 31.4 Å². The van der Waals surface area contributed by atoms with Gasteiger partial charge in [-0.2, -0.15) is 22.0 Å². The topological polar surface area (TPSA) is 39.5 Å². The van der Waals surface area contributed by atoms with E-state index >= 15 is 0 Å². The van der Waals surface area contributed by atoms with Crippen molar-refractivity contribution in [3.05, 3.63) is 46.5 Å². The lowest BCUT2D eigenvalue weighted by atomic mass is 10.1. The molecule has 33 heavy (non-hydrogen) atoms. The first kappa shape index (κ1) is 23.6. The summed E-state index contributed by atoms with van der Waals surface area (Å²) in [5, 5.41) is 0.122. The second-order valence-electron chi connectivity index (χ2n) is 7.60. The lowest BCUT2D eigenvalue weighted by Crippen LogP contribution is -2.29. The lowest BCUT2D eigenvalue weighted by molar-refractivity contribution is -0.276. The second-order valence-corrected chi connectivity index (χ2v) is 8.01. The molecule has 4 rings (SSSR count). The normalized spacial score (nSPS) is 15.2. The molecule has 0 fully saturated rings. The first-order valence-electron chi connectivity index (χ1n) is 10.3. The van der Waals surface area contributed by atoms with Crippen LogP contribution in [0.1, 0.15) is 30.6 Å². The fourth-order valence-corrected chi connectivity index (χ4v) is 4.38. The van der Waals surface area contributed by atoms with Crippen molar-refractivity contribution in [2.75, 3.05) is 18.1 Å². The Labute approximate surface area is 191 Å². The van der Waals surface area contributed by atoms with Gasteiger partial charge in [-0.3, -0.25) is 0 Å². The van der Waals surface area contributed by atoms with Crippen molar-refractivity contribution in [1.82, 2.24) is 9.55 Å². The van der Waals surface area contributed by atoms with E-state index in [1.165, 1.54) is 6.07 Å². The van der Waals surface area contributed by atoms with E-state index in [9.17, 15) is 22.0 Å². The minimum Gasteiger partial charge on any atom is -0.494 e. The Bertz CT molecular complexity index is 1170. The number of ether oxygens (including phenoxy) is 2. The third-order valence-corrected chi connectivity index (χ3v) is 5.75.